The molecule has 28 nitrogen and oxygen atoms in total. The lowest BCUT2D eigenvalue weighted by atomic mass is 9.43. The van der Waals surface area contributed by atoms with E-state index in [1.54, 1.807) is 13.0 Å². The van der Waals surface area contributed by atoms with Crippen molar-refractivity contribution in [2.45, 2.75) is 255 Å². The number of aliphatic hydroxyl groups excluding tert-OH is 4. The molecule has 5 heterocycles. The maximum Gasteiger partial charge on any atom is 0.331 e. The first kappa shape index (κ1) is 67.9. The highest BCUT2D eigenvalue weighted by molar-refractivity contribution is 5.85. The van der Waals surface area contributed by atoms with Gasteiger partial charge in [0.15, 0.2) is 61.8 Å². The highest BCUT2D eigenvalue weighted by atomic mass is 16.8. The van der Waals surface area contributed by atoms with E-state index in [9.17, 15) is 59.1 Å². The minimum Gasteiger partial charge on any atom is -0.458 e. The predicted octanol–water partition coefficient (Wildman–Crippen LogP) is 1.04. The zero-order valence-corrected chi connectivity index (χ0v) is 51.5. The molecule has 9 rings (SSSR count). The van der Waals surface area contributed by atoms with Crippen LogP contribution in [0.2, 0.25) is 0 Å². The average molecular weight is 1260 g/mol. The topological polar surface area (TPSA) is 368 Å². The van der Waals surface area contributed by atoms with Crippen LogP contribution in [0, 0.1) is 34.5 Å². The van der Waals surface area contributed by atoms with Crippen molar-refractivity contribution in [1.29, 1.82) is 0 Å². The van der Waals surface area contributed by atoms with Gasteiger partial charge >= 0.3 is 41.8 Å². The number of ether oxygens (including phenoxy) is 16. The Morgan fingerprint density at radius 1 is 0.557 bits per heavy atom. The Kier molecular flexibility index (Phi) is 21.4. The number of carbonyl (C=O) groups is 7. The van der Waals surface area contributed by atoms with Gasteiger partial charge in [-0.05, 0) is 99.4 Å². The molecule has 0 amide bonds. The summed E-state index contributed by atoms with van der Waals surface area (Å²) in [6, 6.07) is 0. The van der Waals surface area contributed by atoms with E-state index >= 15 is 0 Å². The van der Waals surface area contributed by atoms with Gasteiger partial charge in [-0.15, -0.1) is 0 Å². The first-order valence-electron chi connectivity index (χ1n) is 30.6. The first-order chi connectivity index (χ1) is 41.5. The summed E-state index contributed by atoms with van der Waals surface area (Å²) in [5.41, 5.74) is -0.616. The van der Waals surface area contributed by atoms with Crippen LogP contribution in [0.4, 0.5) is 0 Å². The summed E-state index contributed by atoms with van der Waals surface area (Å²) in [4.78, 5) is 89.8. The molecule has 5 aliphatic heterocycles. The minimum absolute atomic E-state index is 0.0246. The number of hydrogen-bond donors (Lipinski definition) is 5. The van der Waals surface area contributed by atoms with E-state index in [0.29, 0.717) is 25.7 Å². The summed E-state index contributed by atoms with van der Waals surface area (Å²) in [7, 11) is 1.41. The van der Waals surface area contributed by atoms with Crippen LogP contribution in [0.15, 0.2) is 11.6 Å². The number of methoxy groups -OCH3 is 1. The van der Waals surface area contributed by atoms with Crippen molar-refractivity contribution in [2.75, 3.05) is 33.5 Å². The summed E-state index contributed by atoms with van der Waals surface area (Å²) in [5, 5.41) is 56.5. The van der Waals surface area contributed by atoms with Gasteiger partial charge in [-0.3, -0.25) is 28.8 Å². The van der Waals surface area contributed by atoms with Crippen molar-refractivity contribution in [1.82, 2.24) is 0 Å². The largest absolute Gasteiger partial charge is 0.458 e. The van der Waals surface area contributed by atoms with E-state index in [1.807, 2.05) is 0 Å². The number of esters is 7. The lowest BCUT2D eigenvalue weighted by Crippen LogP contribution is -2.65. The number of hydrogen-bond acceptors (Lipinski definition) is 28. The van der Waals surface area contributed by atoms with E-state index < -0.39 is 189 Å². The fourth-order valence-electron chi connectivity index (χ4n) is 16.0. The Hall–Kier alpha value is -4.53. The van der Waals surface area contributed by atoms with Crippen LogP contribution in [0.25, 0.3) is 0 Å². The first-order valence-corrected chi connectivity index (χ1v) is 30.6. The number of carbonyl (C=O) groups excluding carboxylic acids is 7. The minimum atomic E-state index is -1.91. The van der Waals surface area contributed by atoms with E-state index in [1.165, 1.54) is 7.11 Å². The highest BCUT2D eigenvalue weighted by Crippen LogP contribution is 2.70. The van der Waals surface area contributed by atoms with Crippen LogP contribution in [0.1, 0.15) is 127 Å². The van der Waals surface area contributed by atoms with Crippen molar-refractivity contribution < 1.29 is 135 Å². The molecular weight excluding hydrogens is 1170 g/mol. The molecule has 27 atom stereocenters. The van der Waals surface area contributed by atoms with Crippen molar-refractivity contribution in [3.05, 3.63) is 11.6 Å². The molecule has 496 valence electrons. The molecule has 9 aliphatic rings. The van der Waals surface area contributed by atoms with Crippen LogP contribution in [-0.2, 0) is 109 Å². The standard InChI is InChI=1S/C60H88O28/c1-26-45(68)39(73-10)21-44(78-26)75-23-40-46(69)47(70)48(71)55(86-40)76-24-41-49(79-27(2)61)51(81-29(4)63)53(83-31(6)65)56(87-41)77-25-42-50(80-28(3)62)52(82-30(5)64)54(84-32(7)66)57(88-42)85-35-13-16-58(8)34(20-35)11-12-38-37(58)14-17-59(9)36(15-18-60(38,59)72)33-19-43(67)74-22-33/h19,26,34-42,44-57,68-72H,11-18,20-25H2,1-10H3. The molecule has 0 aromatic heterocycles. The molecular formula is C60H88O28. The van der Waals surface area contributed by atoms with Crippen molar-refractivity contribution in [3.8, 4) is 0 Å². The normalized spacial score (nSPS) is 44.8. The summed E-state index contributed by atoms with van der Waals surface area (Å²) < 4.78 is 94.9. The van der Waals surface area contributed by atoms with E-state index in [-0.39, 0.29) is 48.1 Å². The highest BCUT2D eigenvalue weighted by Gasteiger charge is 2.68. The predicted molar refractivity (Wildman–Crippen MR) is 292 cm³/mol. The summed E-state index contributed by atoms with van der Waals surface area (Å²) in [6.07, 6.45) is -20.5. The molecule has 8 fully saturated rings. The second-order valence-corrected chi connectivity index (χ2v) is 25.6. The van der Waals surface area contributed by atoms with E-state index in [4.69, 9.17) is 75.8 Å². The van der Waals surface area contributed by atoms with Crippen LogP contribution in [0.3, 0.4) is 0 Å². The summed E-state index contributed by atoms with van der Waals surface area (Å²) in [6.45, 7) is 10.9. The lowest BCUT2D eigenvalue weighted by molar-refractivity contribution is -0.349. The molecule has 0 spiro atoms. The van der Waals surface area contributed by atoms with Gasteiger partial charge in [0, 0.05) is 66.6 Å². The Bertz CT molecular complexity index is 2560. The molecule has 5 N–H and O–H groups in total. The Labute approximate surface area is 509 Å². The average Bonchev–Trinajstić information content (AvgIpc) is 1.55. The molecule has 28 heteroatoms. The fourth-order valence-corrected chi connectivity index (χ4v) is 16.0. The lowest BCUT2D eigenvalue weighted by Gasteiger charge is -2.64. The smallest absolute Gasteiger partial charge is 0.331 e. The molecule has 0 radical (unpaired) electrons. The monoisotopic (exact) mass is 1260 g/mol. The molecule has 4 saturated heterocycles. The molecule has 4 aliphatic carbocycles. The SMILES string of the molecule is COC1CC(OCC2OC(OCC3OC(OCC4OC(OC5CCC6(C)C(CCC7C6CCC6(C)C(C8=CC(=O)OC8)CCC76O)C5)C(OC(C)=O)C(OC(C)=O)C4OC(C)=O)C(OC(C)=O)C(OC(C)=O)C3OC(C)=O)C(O)C(O)C2O)OC(C)C1O. The molecule has 4 saturated carbocycles. The molecule has 88 heavy (non-hydrogen) atoms. The van der Waals surface area contributed by atoms with E-state index in [2.05, 4.69) is 13.8 Å². The number of aliphatic hydroxyl groups is 5. The van der Waals surface area contributed by atoms with Gasteiger partial charge in [0.2, 0.25) is 0 Å². The van der Waals surface area contributed by atoms with Gasteiger partial charge in [0.25, 0.3) is 0 Å². The Morgan fingerprint density at radius 3 is 1.66 bits per heavy atom. The van der Waals surface area contributed by atoms with Crippen LogP contribution < -0.4 is 0 Å². The van der Waals surface area contributed by atoms with Gasteiger partial charge in [-0.1, -0.05) is 13.8 Å². The van der Waals surface area contributed by atoms with E-state index in [0.717, 1.165) is 79.2 Å². The van der Waals surface area contributed by atoms with Crippen molar-refractivity contribution in [3.63, 3.8) is 0 Å². The molecule has 27 unspecified atom stereocenters. The fraction of sp³-hybridized carbons (Fsp3) is 0.850. The molecule has 0 aromatic rings. The van der Waals surface area contributed by atoms with Gasteiger partial charge in [-0.2, -0.15) is 0 Å². The van der Waals surface area contributed by atoms with Gasteiger partial charge in [-0.25, -0.2) is 4.79 Å². The zero-order chi connectivity index (χ0) is 63.9. The zero-order valence-electron chi connectivity index (χ0n) is 51.5. The van der Waals surface area contributed by atoms with Gasteiger partial charge < -0.3 is 101 Å². The third-order valence-corrected chi connectivity index (χ3v) is 20.2. The number of fused-ring (bicyclic) bond motifs is 5. The summed E-state index contributed by atoms with van der Waals surface area (Å²) in [5.74, 6) is -5.33. The second kappa shape index (κ2) is 27.7. The number of rotatable bonds is 19. The van der Waals surface area contributed by atoms with Crippen LogP contribution in [0.5, 0.6) is 0 Å². The third-order valence-electron chi connectivity index (χ3n) is 20.2. The second-order valence-electron chi connectivity index (χ2n) is 25.6. The quantitative estimate of drug-likeness (QED) is 0.0685. The Morgan fingerprint density at radius 2 is 1.09 bits per heavy atom. The molecule has 0 aromatic carbocycles. The maximum absolute atomic E-state index is 13.0. The summed E-state index contributed by atoms with van der Waals surface area (Å²) >= 11 is 0. The van der Waals surface area contributed by atoms with Crippen molar-refractivity contribution in [2.24, 2.45) is 34.5 Å². The van der Waals surface area contributed by atoms with Crippen LogP contribution >= 0.6 is 0 Å². The maximum atomic E-state index is 13.0. The van der Waals surface area contributed by atoms with Crippen molar-refractivity contribution >= 4 is 41.8 Å². The Balaban J connectivity index is 0.944. The van der Waals surface area contributed by atoms with Gasteiger partial charge in [0.1, 0.15) is 49.3 Å². The van der Waals surface area contributed by atoms with Crippen LogP contribution in [-0.4, -0.2) is 229 Å². The van der Waals surface area contributed by atoms with Gasteiger partial charge in [0.05, 0.1) is 43.7 Å². The number of cyclic esters (lactones) is 1. The molecule has 0 bridgehead atoms. The third kappa shape index (κ3) is 14.1.